The second-order valence-electron chi connectivity index (χ2n) is 6.46. The summed E-state index contributed by atoms with van der Waals surface area (Å²) in [5.74, 6) is 0. The van der Waals surface area contributed by atoms with Crippen LogP contribution in [-0.2, 0) is 21.7 Å². The summed E-state index contributed by atoms with van der Waals surface area (Å²) in [5, 5.41) is 48.4. The van der Waals surface area contributed by atoms with E-state index in [0.717, 1.165) is 77.0 Å². The summed E-state index contributed by atoms with van der Waals surface area (Å²) in [6, 6.07) is 0. The predicted octanol–water partition coefficient (Wildman–Crippen LogP) is 1.79. The molecule has 0 fully saturated rings. The fourth-order valence-electron chi connectivity index (χ4n) is 0.949. The van der Waals surface area contributed by atoms with Gasteiger partial charge in [0, 0.05) is 61.4 Å². The van der Waals surface area contributed by atoms with E-state index in [-0.39, 0.29) is 52.7 Å². The van der Waals surface area contributed by atoms with Crippen LogP contribution in [0.2, 0.25) is 0 Å². The molecule has 0 spiro atoms. The molecule has 0 rings (SSSR count). The molecule has 8 heteroatoms. The molecule has 0 atom stereocenters. The van der Waals surface area contributed by atoms with Crippen molar-refractivity contribution in [2.75, 3.05) is 39.6 Å². The molecule has 0 aliphatic carbocycles. The van der Waals surface area contributed by atoms with Crippen molar-refractivity contribution >= 4 is 0 Å². The molecular weight excluding hydrogens is 455 g/mol. The van der Waals surface area contributed by atoms with Gasteiger partial charge in [-0.2, -0.15) is 0 Å². The normalized spacial score (nSPS) is 7.88. The minimum atomic E-state index is 0. The molecule has 0 aliphatic rings. The van der Waals surface area contributed by atoms with Gasteiger partial charge in [-0.05, 0) is 38.5 Å². The van der Waals surface area contributed by atoms with Crippen LogP contribution in [0.15, 0.2) is 0 Å². The van der Waals surface area contributed by atoms with Crippen LogP contribution >= 0.6 is 0 Å². The Morgan fingerprint density at radius 2 is 0.438 bits per heavy atom. The van der Waals surface area contributed by atoms with Crippen LogP contribution in [0.1, 0.15) is 120 Å². The SMILES string of the molecule is CCCCO.CCCCO.CCCCO.CCCCO.CCCCO.CCCCO.[H+].[Na+].[Ti]. The van der Waals surface area contributed by atoms with E-state index in [1.807, 2.05) is 0 Å². The Labute approximate surface area is 240 Å². The maximum absolute atomic E-state index is 8.07. The molecule has 0 saturated carbocycles. The summed E-state index contributed by atoms with van der Waals surface area (Å²) in [4.78, 5) is 0. The number of rotatable bonds is 12. The van der Waals surface area contributed by atoms with Crippen molar-refractivity contribution in [3.63, 3.8) is 0 Å². The van der Waals surface area contributed by atoms with Crippen molar-refractivity contribution in [3.05, 3.63) is 0 Å². The number of hydrogen-bond acceptors (Lipinski definition) is 6. The molecule has 0 aromatic heterocycles. The van der Waals surface area contributed by atoms with Gasteiger partial charge in [0.1, 0.15) is 0 Å². The Balaban J connectivity index is -0.0000000294. The second kappa shape index (κ2) is 84.8. The molecular formula is C24H61NaO6Ti+2. The van der Waals surface area contributed by atoms with Gasteiger partial charge in [0.05, 0.1) is 0 Å². The molecule has 32 heavy (non-hydrogen) atoms. The van der Waals surface area contributed by atoms with Gasteiger partial charge >= 0.3 is 31.0 Å². The standard InChI is InChI=1S/6C4H10O.Na.Ti/c6*1-2-3-4-5;;/h6*5H,2-4H2,1H3;;/q;;;;;;+1;/p+1. The fraction of sp³-hybridized carbons (Fsp3) is 1.00. The maximum Gasteiger partial charge on any atom is 1.00 e. The van der Waals surface area contributed by atoms with E-state index < -0.39 is 0 Å². The monoisotopic (exact) mass is 516 g/mol. The van der Waals surface area contributed by atoms with Gasteiger partial charge in [-0.1, -0.05) is 80.1 Å². The van der Waals surface area contributed by atoms with Gasteiger partial charge in [0.15, 0.2) is 0 Å². The average molecular weight is 517 g/mol. The van der Waals surface area contributed by atoms with Gasteiger partial charge in [0.2, 0.25) is 0 Å². The Hall–Kier alpha value is 1.47. The minimum absolute atomic E-state index is 0. The first-order chi connectivity index (χ1) is 14.5. The Morgan fingerprint density at radius 3 is 0.438 bits per heavy atom. The van der Waals surface area contributed by atoms with Crippen molar-refractivity contribution in [1.29, 1.82) is 0 Å². The first kappa shape index (κ1) is 54.4. The van der Waals surface area contributed by atoms with Crippen molar-refractivity contribution in [3.8, 4) is 0 Å². The van der Waals surface area contributed by atoms with E-state index in [4.69, 9.17) is 30.6 Å². The van der Waals surface area contributed by atoms with E-state index in [1.165, 1.54) is 0 Å². The van der Waals surface area contributed by atoms with Crippen LogP contribution in [0.4, 0.5) is 0 Å². The first-order valence-electron chi connectivity index (χ1n) is 12.1. The topological polar surface area (TPSA) is 121 Å². The van der Waals surface area contributed by atoms with Crippen molar-refractivity contribution in [2.45, 2.75) is 119 Å². The third kappa shape index (κ3) is 161. The smallest absolute Gasteiger partial charge is 0.396 e. The number of aliphatic hydroxyl groups is 6. The summed E-state index contributed by atoms with van der Waals surface area (Å²) in [6.07, 6.45) is 12.2. The summed E-state index contributed by atoms with van der Waals surface area (Å²) in [7, 11) is 0. The summed E-state index contributed by atoms with van der Waals surface area (Å²) in [5.41, 5.74) is 0. The van der Waals surface area contributed by atoms with Gasteiger partial charge in [-0.25, -0.2) is 0 Å². The summed E-state index contributed by atoms with van der Waals surface area (Å²) < 4.78 is 0. The number of unbranched alkanes of at least 4 members (excludes halogenated alkanes) is 6. The molecule has 0 saturated heterocycles. The predicted molar refractivity (Wildman–Crippen MR) is 133 cm³/mol. The minimum Gasteiger partial charge on any atom is -0.396 e. The zero-order valence-electron chi connectivity index (χ0n) is 23.9. The van der Waals surface area contributed by atoms with Crippen LogP contribution in [0, 0.1) is 0 Å². The molecule has 0 aromatic carbocycles. The average Bonchev–Trinajstić information content (AvgIpc) is 2.74. The Bertz CT molecular complexity index is 133. The molecule has 6 N–H and O–H groups in total. The molecule has 0 heterocycles. The van der Waals surface area contributed by atoms with Gasteiger partial charge in [-0.15, -0.1) is 0 Å². The Kier molecular flexibility index (Phi) is 144. The maximum atomic E-state index is 8.07. The molecule has 0 amide bonds. The number of aliphatic hydroxyl groups excluding tert-OH is 6. The third-order valence-electron chi connectivity index (χ3n) is 3.07. The zero-order valence-corrected chi connectivity index (χ0v) is 26.5. The van der Waals surface area contributed by atoms with Crippen LogP contribution in [0.5, 0.6) is 0 Å². The van der Waals surface area contributed by atoms with Crippen LogP contribution in [0.3, 0.4) is 0 Å². The molecule has 0 bridgehead atoms. The van der Waals surface area contributed by atoms with Crippen LogP contribution in [-0.4, -0.2) is 70.3 Å². The van der Waals surface area contributed by atoms with Gasteiger partial charge in [-0.3, -0.25) is 0 Å². The van der Waals surface area contributed by atoms with E-state index >= 15 is 0 Å². The van der Waals surface area contributed by atoms with Crippen molar-refractivity contribution in [2.24, 2.45) is 0 Å². The molecule has 6 nitrogen and oxygen atoms in total. The first-order valence-corrected chi connectivity index (χ1v) is 12.1. The fourth-order valence-corrected chi connectivity index (χ4v) is 0.949. The van der Waals surface area contributed by atoms with Crippen molar-refractivity contribution in [1.82, 2.24) is 0 Å². The van der Waals surface area contributed by atoms with Gasteiger partial charge in [0.25, 0.3) is 0 Å². The molecule has 0 aromatic rings. The molecule has 0 aliphatic heterocycles. The Morgan fingerprint density at radius 1 is 0.344 bits per heavy atom. The molecule has 0 radical (unpaired) electrons. The van der Waals surface area contributed by atoms with E-state index in [1.54, 1.807) is 0 Å². The molecule has 196 valence electrons. The zero-order chi connectivity index (χ0) is 24.7. The summed E-state index contributed by atoms with van der Waals surface area (Å²) in [6.45, 7) is 14.4. The van der Waals surface area contributed by atoms with E-state index in [9.17, 15) is 0 Å². The second-order valence-corrected chi connectivity index (χ2v) is 6.46. The van der Waals surface area contributed by atoms with Crippen LogP contribution < -0.4 is 29.6 Å². The van der Waals surface area contributed by atoms with Gasteiger partial charge < -0.3 is 30.6 Å². The largest absolute Gasteiger partial charge is 1.00 e. The van der Waals surface area contributed by atoms with E-state index in [0.29, 0.717) is 39.6 Å². The van der Waals surface area contributed by atoms with Crippen molar-refractivity contribution < 1.29 is 83.3 Å². The summed E-state index contributed by atoms with van der Waals surface area (Å²) >= 11 is 0. The van der Waals surface area contributed by atoms with Crippen LogP contribution in [0.25, 0.3) is 0 Å². The molecule has 0 unspecified atom stereocenters. The number of hydrogen-bond donors (Lipinski definition) is 6. The third-order valence-corrected chi connectivity index (χ3v) is 3.07. The quantitative estimate of drug-likeness (QED) is 0.220. The van der Waals surface area contributed by atoms with E-state index in [2.05, 4.69) is 41.5 Å².